The summed E-state index contributed by atoms with van der Waals surface area (Å²) < 4.78 is 2.86. The summed E-state index contributed by atoms with van der Waals surface area (Å²) >= 11 is 0. The third-order valence-electron chi connectivity index (χ3n) is 5.11. The molecule has 0 saturated carbocycles. The van der Waals surface area contributed by atoms with Crippen LogP contribution in [0.4, 0.5) is 0 Å². The lowest BCUT2D eigenvalue weighted by atomic mass is 10.0. The Morgan fingerprint density at radius 1 is 1.10 bits per heavy atom. The monoisotopic (exact) mass is 400 g/mol. The summed E-state index contributed by atoms with van der Waals surface area (Å²) in [5.74, 6) is -0.986. The summed E-state index contributed by atoms with van der Waals surface area (Å²) in [4.78, 5) is 30.9. The summed E-state index contributed by atoms with van der Waals surface area (Å²) in [6, 6.07) is 14.0. The first-order valence-electron chi connectivity index (χ1n) is 9.26. The smallest absolute Gasteiger partial charge is 0.338 e. The number of carboxylic acids is 1. The number of carbonyl (C=O) groups is 1. The SMILES string of the molecule is C[C@@H](c1ccc2ccccc2c1)n1ncc2nc(-n3cc(C(=O)O)cn3)[nH]c(=O)c21. The molecule has 2 N–H and O–H groups in total. The highest BCUT2D eigenvalue weighted by atomic mass is 16.4. The lowest BCUT2D eigenvalue weighted by Crippen LogP contribution is -2.18. The molecule has 148 valence electrons. The van der Waals surface area contributed by atoms with E-state index in [2.05, 4.69) is 26.2 Å². The van der Waals surface area contributed by atoms with Crippen LogP contribution in [0.15, 0.2) is 65.8 Å². The Balaban J connectivity index is 1.58. The fourth-order valence-electron chi connectivity index (χ4n) is 3.52. The van der Waals surface area contributed by atoms with Crippen LogP contribution >= 0.6 is 0 Å². The lowest BCUT2D eigenvalue weighted by Gasteiger charge is -2.14. The molecule has 0 bridgehead atoms. The molecule has 1 atom stereocenters. The van der Waals surface area contributed by atoms with E-state index in [4.69, 9.17) is 5.11 Å². The second-order valence-electron chi connectivity index (χ2n) is 6.97. The molecule has 0 unspecified atom stereocenters. The zero-order valence-electron chi connectivity index (χ0n) is 15.9. The van der Waals surface area contributed by atoms with Crippen LogP contribution in [0.2, 0.25) is 0 Å². The predicted molar refractivity (Wildman–Crippen MR) is 110 cm³/mol. The Morgan fingerprint density at radius 2 is 1.90 bits per heavy atom. The second-order valence-corrected chi connectivity index (χ2v) is 6.97. The molecule has 0 saturated heterocycles. The molecule has 2 aromatic carbocycles. The summed E-state index contributed by atoms with van der Waals surface area (Å²) in [5.41, 5.74) is 1.37. The van der Waals surface area contributed by atoms with Crippen molar-refractivity contribution in [2.24, 2.45) is 0 Å². The average molecular weight is 400 g/mol. The Labute approximate surface area is 169 Å². The number of aromatic carboxylic acids is 1. The van der Waals surface area contributed by atoms with Crippen LogP contribution in [0, 0.1) is 0 Å². The first kappa shape index (κ1) is 17.8. The highest BCUT2D eigenvalue weighted by Gasteiger charge is 2.18. The van der Waals surface area contributed by atoms with Gasteiger partial charge in [-0.1, -0.05) is 36.4 Å². The van der Waals surface area contributed by atoms with E-state index in [-0.39, 0.29) is 23.1 Å². The number of H-pyrrole nitrogens is 1. The van der Waals surface area contributed by atoms with Crippen molar-refractivity contribution in [1.82, 2.24) is 29.5 Å². The number of aromatic nitrogens is 6. The number of nitrogens with zero attached hydrogens (tertiary/aromatic N) is 5. The van der Waals surface area contributed by atoms with Gasteiger partial charge in [0, 0.05) is 6.20 Å². The molecule has 30 heavy (non-hydrogen) atoms. The van der Waals surface area contributed by atoms with E-state index in [1.807, 2.05) is 43.3 Å². The Hall–Kier alpha value is -4.27. The summed E-state index contributed by atoms with van der Waals surface area (Å²) in [7, 11) is 0. The lowest BCUT2D eigenvalue weighted by molar-refractivity contribution is 0.0697. The number of carboxylic acid groups (broad SMARTS) is 1. The molecular formula is C21H16N6O3. The third kappa shape index (κ3) is 2.84. The highest BCUT2D eigenvalue weighted by Crippen LogP contribution is 2.24. The van der Waals surface area contributed by atoms with E-state index < -0.39 is 5.97 Å². The molecule has 9 heteroatoms. The maximum Gasteiger partial charge on any atom is 0.338 e. The van der Waals surface area contributed by atoms with E-state index in [1.165, 1.54) is 23.3 Å². The van der Waals surface area contributed by atoms with Gasteiger partial charge in [0.25, 0.3) is 5.56 Å². The number of hydrogen-bond donors (Lipinski definition) is 2. The van der Waals surface area contributed by atoms with Gasteiger partial charge in [-0.3, -0.25) is 14.5 Å². The van der Waals surface area contributed by atoms with Crippen LogP contribution in [0.1, 0.15) is 28.9 Å². The number of rotatable bonds is 4. The number of benzene rings is 2. The molecule has 0 fully saturated rings. The Kier molecular flexibility index (Phi) is 3.95. The largest absolute Gasteiger partial charge is 0.478 e. The van der Waals surface area contributed by atoms with Gasteiger partial charge >= 0.3 is 5.97 Å². The molecular weight excluding hydrogens is 384 g/mol. The minimum absolute atomic E-state index is 0.00151. The van der Waals surface area contributed by atoms with Gasteiger partial charge in [-0.05, 0) is 29.3 Å². The minimum atomic E-state index is -1.11. The third-order valence-corrected chi connectivity index (χ3v) is 5.11. The van der Waals surface area contributed by atoms with Crippen LogP contribution in [-0.2, 0) is 0 Å². The van der Waals surface area contributed by atoms with Crippen LogP contribution in [0.5, 0.6) is 0 Å². The number of hydrogen-bond acceptors (Lipinski definition) is 5. The molecule has 0 aliphatic carbocycles. The van der Waals surface area contributed by atoms with Crippen molar-refractivity contribution in [3.8, 4) is 5.95 Å². The Bertz CT molecular complexity index is 1480. The van der Waals surface area contributed by atoms with Crippen molar-refractivity contribution in [3.05, 3.63) is 82.5 Å². The van der Waals surface area contributed by atoms with Crippen LogP contribution in [0.3, 0.4) is 0 Å². The molecule has 0 radical (unpaired) electrons. The average Bonchev–Trinajstić information content (AvgIpc) is 3.40. The fraction of sp³-hybridized carbons (Fsp3) is 0.0952. The zero-order valence-corrected chi connectivity index (χ0v) is 15.9. The maximum absolute atomic E-state index is 12.8. The first-order chi connectivity index (χ1) is 14.5. The number of fused-ring (bicyclic) bond motifs is 2. The van der Waals surface area contributed by atoms with Crippen LogP contribution < -0.4 is 5.56 Å². The van der Waals surface area contributed by atoms with Gasteiger partial charge in [0.1, 0.15) is 5.52 Å². The van der Waals surface area contributed by atoms with E-state index in [1.54, 1.807) is 4.68 Å². The highest BCUT2D eigenvalue weighted by molar-refractivity contribution is 5.87. The van der Waals surface area contributed by atoms with Gasteiger partial charge in [-0.2, -0.15) is 10.2 Å². The number of aromatic amines is 1. The topological polar surface area (TPSA) is 119 Å². The molecule has 0 aliphatic rings. The molecule has 0 aliphatic heterocycles. The number of nitrogens with one attached hydrogen (secondary N) is 1. The van der Waals surface area contributed by atoms with E-state index in [0.717, 1.165) is 16.3 Å². The second kappa shape index (κ2) is 6.66. The predicted octanol–water partition coefficient (Wildman–Crippen LogP) is 2.77. The van der Waals surface area contributed by atoms with Crippen molar-refractivity contribution in [2.45, 2.75) is 13.0 Å². The molecule has 3 aromatic heterocycles. The summed E-state index contributed by atoms with van der Waals surface area (Å²) in [6.07, 6.45) is 4.00. The molecule has 9 nitrogen and oxygen atoms in total. The van der Waals surface area contributed by atoms with Gasteiger partial charge in [0.15, 0.2) is 5.52 Å². The summed E-state index contributed by atoms with van der Waals surface area (Å²) in [5, 5.41) is 19.6. The van der Waals surface area contributed by atoms with Crippen LogP contribution in [-0.4, -0.2) is 40.6 Å². The quantitative estimate of drug-likeness (QED) is 0.479. The molecule has 5 aromatic rings. The van der Waals surface area contributed by atoms with Crippen LogP contribution in [0.25, 0.3) is 27.8 Å². The Morgan fingerprint density at radius 3 is 2.67 bits per heavy atom. The van der Waals surface area contributed by atoms with Gasteiger partial charge < -0.3 is 5.11 Å². The maximum atomic E-state index is 12.8. The zero-order chi connectivity index (χ0) is 20.8. The minimum Gasteiger partial charge on any atom is -0.478 e. The normalized spacial score (nSPS) is 12.4. The van der Waals surface area contributed by atoms with Crippen molar-refractivity contribution in [1.29, 1.82) is 0 Å². The van der Waals surface area contributed by atoms with Gasteiger partial charge in [-0.15, -0.1) is 0 Å². The standard InChI is InChI=1S/C21H16N6O3/c1-12(14-7-6-13-4-2-3-5-15(13)8-14)27-18-17(10-23-27)24-21(25-19(18)28)26-11-16(9-22-26)20(29)30/h2-12H,1H3,(H,29,30)(H,24,25,28)/t12-/m0/s1. The summed E-state index contributed by atoms with van der Waals surface area (Å²) in [6.45, 7) is 1.97. The van der Waals surface area contributed by atoms with E-state index in [0.29, 0.717) is 11.0 Å². The molecule has 5 rings (SSSR count). The molecule has 0 amide bonds. The first-order valence-corrected chi connectivity index (χ1v) is 9.26. The van der Waals surface area contributed by atoms with Gasteiger partial charge in [0.2, 0.25) is 5.95 Å². The van der Waals surface area contributed by atoms with Crippen molar-refractivity contribution >= 4 is 27.8 Å². The van der Waals surface area contributed by atoms with E-state index >= 15 is 0 Å². The van der Waals surface area contributed by atoms with Gasteiger partial charge in [0.05, 0.1) is 24.0 Å². The van der Waals surface area contributed by atoms with E-state index in [9.17, 15) is 9.59 Å². The van der Waals surface area contributed by atoms with Crippen molar-refractivity contribution in [3.63, 3.8) is 0 Å². The van der Waals surface area contributed by atoms with Crippen molar-refractivity contribution in [2.75, 3.05) is 0 Å². The molecule has 3 heterocycles. The molecule has 0 spiro atoms. The fourth-order valence-corrected chi connectivity index (χ4v) is 3.52. The van der Waals surface area contributed by atoms with Gasteiger partial charge in [-0.25, -0.2) is 14.5 Å². The van der Waals surface area contributed by atoms with Crippen molar-refractivity contribution < 1.29 is 9.90 Å².